The van der Waals surface area contributed by atoms with E-state index >= 15 is 4.39 Å². The fraction of sp³-hybridized carbons (Fsp3) is 0.133. The van der Waals surface area contributed by atoms with Gasteiger partial charge >= 0.3 is 5.97 Å². The maximum atomic E-state index is 15.0. The Morgan fingerprint density at radius 2 is 1.95 bits per heavy atom. The van der Waals surface area contributed by atoms with Crippen molar-refractivity contribution in [3.05, 3.63) is 64.1 Å². The summed E-state index contributed by atoms with van der Waals surface area (Å²) in [5.41, 5.74) is -1.05. The van der Waals surface area contributed by atoms with Crippen molar-refractivity contribution >= 4 is 21.9 Å². The Labute approximate surface area is 118 Å². The van der Waals surface area contributed by atoms with E-state index < -0.39 is 11.6 Å². The number of fused-ring (bicyclic) bond motifs is 1. The van der Waals surface area contributed by atoms with Gasteiger partial charge in [0.1, 0.15) is 5.75 Å². The first-order valence-electron chi connectivity index (χ1n) is 5.85. The van der Waals surface area contributed by atoms with Gasteiger partial charge in [0.2, 0.25) is 5.67 Å². The van der Waals surface area contributed by atoms with Crippen LogP contribution in [0, 0.1) is 0 Å². The molecule has 0 N–H and O–H groups in total. The van der Waals surface area contributed by atoms with E-state index in [1.54, 1.807) is 36.4 Å². The number of hydrogen-bond acceptors (Lipinski definition) is 2. The fourth-order valence-electron chi connectivity index (χ4n) is 2.27. The van der Waals surface area contributed by atoms with E-state index in [1.807, 2.05) is 12.1 Å². The predicted octanol–water partition coefficient (Wildman–Crippen LogP) is 3.78. The molecule has 1 atom stereocenters. The molecule has 0 radical (unpaired) electrons. The minimum absolute atomic E-state index is 0.0255. The molecule has 3 rings (SSSR count). The number of halogens is 2. The van der Waals surface area contributed by atoms with Crippen LogP contribution in [0.2, 0.25) is 0 Å². The zero-order valence-electron chi connectivity index (χ0n) is 9.90. The Balaban J connectivity index is 2.01. The molecule has 1 heterocycles. The molecular formula is C15H10BrFO2. The largest absolute Gasteiger partial charge is 0.423 e. The van der Waals surface area contributed by atoms with Gasteiger partial charge in [0.25, 0.3) is 0 Å². The lowest BCUT2D eigenvalue weighted by Gasteiger charge is -2.16. The lowest BCUT2D eigenvalue weighted by atomic mass is 9.90. The second-order valence-corrected chi connectivity index (χ2v) is 5.41. The van der Waals surface area contributed by atoms with Crippen molar-refractivity contribution < 1.29 is 13.9 Å². The molecule has 0 fully saturated rings. The number of esters is 1. The van der Waals surface area contributed by atoms with Crippen LogP contribution in [0.25, 0.3) is 0 Å². The van der Waals surface area contributed by atoms with Gasteiger partial charge in [-0.15, -0.1) is 0 Å². The summed E-state index contributed by atoms with van der Waals surface area (Å²) in [7, 11) is 0. The summed E-state index contributed by atoms with van der Waals surface area (Å²) in [6.07, 6.45) is -0.0255. The molecule has 0 spiro atoms. The van der Waals surface area contributed by atoms with Gasteiger partial charge in [-0.05, 0) is 23.8 Å². The number of ether oxygens (including phenoxy) is 1. The molecule has 0 aromatic heterocycles. The summed E-state index contributed by atoms with van der Waals surface area (Å²) < 4.78 is 20.9. The van der Waals surface area contributed by atoms with Crippen LogP contribution in [-0.2, 0) is 16.9 Å². The predicted molar refractivity (Wildman–Crippen MR) is 72.7 cm³/mol. The number of rotatable bonds is 2. The first kappa shape index (κ1) is 12.4. The number of alkyl halides is 1. The van der Waals surface area contributed by atoms with Gasteiger partial charge in [0, 0.05) is 16.5 Å². The number of carbonyl (C=O) groups excluding carboxylic acids is 1. The third-order valence-electron chi connectivity index (χ3n) is 3.18. The Kier molecular flexibility index (Phi) is 2.90. The van der Waals surface area contributed by atoms with Crippen molar-refractivity contribution in [2.75, 3.05) is 0 Å². The molecule has 1 unspecified atom stereocenters. The Morgan fingerprint density at radius 1 is 1.16 bits per heavy atom. The molecule has 96 valence electrons. The summed E-state index contributed by atoms with van der Waals surface area (Å²) in [6.45, 7) is 0. The summed E-state index contributed by atoms with van der Waals surface area (Å²) in [4.78, 5) is 11.8. The topological polar surface area (TPSA) is 26.3 Å². The first-order valence-corrected chi connectivity index (χ1v) is 6.64. The van der Waals surface area contributed by atoms with Crippen molar-refractivity contribution in [2.24, 2.45) is 0 Å². The molecule has 0 saturated heterocycles. The van der Waals surface area contributed by atoms with E-state index in [0.29, 0.717) is 11.3 Å². The highest BCUT2D eigenvalue weighted by Gasteiger charge is 2.49. The van der Waals surface area contributed by atoms with Crippen LogP contribution in [0.3, 0.4) is 0 Å². The van der Waals surface area contributed by atoms with Crippen LogP contribution in [0.15, 0.2) is 53.0 Å². The molecule has 1 aliphatic heterocycles. The minimum Gasteiger partial charge on any atom is -0.423 e. The third-order valence-corrected chi connectivity index (χ3v) is 3.67. The van der Waals surface area contributed by atoms with Crippen LogP contribution in [0.1, 0.15) is 11.1 Å². The van der Waals surface area contributed by atoms with Gasteiger partial charge in [-0.25, -0.2) is 9.18 Å². The Hall–Kier alpha value is -1.68. The molecule has 0 saturated carbocycles. The second kappa shape index (κ2) is 4.46. The normalized spacial score (nSPS) is 21.1. The van der Waals surface area contributed by atoms with Gasteiger partial charge < -0.3 is 4.74 Å². The smallest absolute Gasteiger partial charge is 0.354 e. The molecule has 0 amide bonds. The highest BCUT2D eigenvalue weighted by Crippen LogP contribution is 2.43. The van der Waals surface area contributed by atoms with E-state index in [4.69, 9.17) is 4.74 Å². The molecule has 0 aliphatic carbocycles. The van der Waals surface area contributed by atoms with Crippen LogP contribution < -0.4 is 4.74 Å². The van der Waals surface area contributed by atoms with Gasteiger partial charge in [0.05, 0.1) is 0 Å². The molecule has 0 bridgehead atoms. The molecule has 4 heteroatoms. The first-order chi connectivity index (χ1) is 9.09. The molecular weight excluding hydrogens is 311 g/mol. The Morgan fingerprint density at radius 3 is 2.74 bits per heavy atom. The van der Waals surface area contributed by atoms with Crippen molar-refractivity contribution in [3.63, 3.8) is 0 Å². The fourth-order valence-corrected chi connectivity index (χ4v) is 2.72. The number of para-hydroxylation sites is 1. The quantitative estimate of drug-likeness (QED) is 0.622. The van der Waals surface area contributed by atoms with Crippen molar-refractivity contribution in [1.82, 2.24) is 0 Å². The molecule has 19 heavy (non-hydrogen) atoms. The van der Waals surface area contributed by atoms with E-state index in [2.05, 4.69) is 15.9 Å². The molecule has 2 nitrogen and oxygen atoms in total. The minimum atomic E-state index is -2.10. The van der Waals surface area contributed by atoms with Gasteiger partial charge in [-0.2, -0.15) is 0 Å². The van der Waals surface area contributed by atoms with E-state index in [1.165, 1.54) is 0 Å². The lowest BCUT2D eigenvalue weighted by molar-refractivity contribution is -0.144. The van der Waals surface area contributed by atoms with Crippen molar-refractivity contribution in [3.8, 4) is 5.75 Å². The maximum Gasteiger partial charge on any atom is 0.354 e. The monoisotopic (exact) mass is 320 g/mol. The SMILES string of the molecule is O=C1Oc2ccccc2C1(F)Cc1cccc(Br)c1. The van der Waals surface area contributed by atoms with E-state index in [-0.39, 0.29) is 6.42 Å². The number of carbonyl (C=O) groups is 1. The van der Waals surface area contributed by atoms with Crippen LogP contribution in [0.4, 0.5) is 4.39 Å². The average molecular weight is 321 g/mol. The standard InChI is InChI=1S/C15H10BrFO2/c16-11-5-3-4-10(8-11)9-15(17)12-6-1-2-7-13(12)19-14(15)18/h1-8H,9H2. The van der Waals surface area contributed by atoms with E-state index in [9.17, 15) is 4.79 Å². The van der Waals surface area contributed by atoms with Crippen LogP contribution >= 0.6 is 15.9 Å². The van der Waals surface area contributed by atoms with Crippen molar-refractivity contribution in [2.45, 2.75) is 12.1 Å². The van der Waals surface area contributed by atoms with Gasteiger partial charge in [-0.1, -0.05) is 46.3 Å². The number of benzene rings is 2. The van der Waals surface area contributed by atoms with Crippen LogP contribution in [-0.4, -0.2) is 5.97 Å². The second-order valence-electron chi connectivity index (χ2n) is 4.49. The summed E-state index contributed by atoms with van der Waals surface area (Å²) in [5.74, 6) is -0.529. The average Bonchev–Trinajstić information content (AvgIpc) is 2.62. The van der Waals surface area contributed by atoms with Crippen molar-refractivity contribution in [1.29, 1.82) is 0 Å². The van der Waals surface area contributed by atoms with Crippen LogP contribution in [0.5, 0.6) is 5.75 Å². The highest BCUT2D eigenvalue weighted by molar-refractivity contribution is 9.10. The molecule has 2 aromatic rings. The summed E-state index contributed by atoms with van der Waals surface area (Å²) in [5, 5.41) is 0. The maximum absolute atomic E-state index is 15.0. The number of hydrogen-bond donors (Lipinski definition) is 0. The zero-order valence-corrected chi connectivity index (χ0v) is 11.5. The molecule has 2 aromatic carbocycles. The van der Waals surface area contributed by atoms with E-state index in [0.717, 1.165) is 10.0 Å². The zero-order chi connectivity index (χ0) is 13.5. The van der Waals surface area contributed by atoms with Gasteiger partial charge in [-0.3, -0.25) is 0 Å². The lowest BCUT2D eigenvalue weighted by Crippen LogP contribution is -2.31. The summed E-state index contributed by atoms with van der Waals surface area (Å²) >= 11 is 3.34. The Bertz CT molecular complexity index is 656. The van der Waals surface area contributed by atoms with Gasteiger partial charge in [0.15, 0.2) is 0 Å². The third kappa shape index (κ3) is 2.06. The highest BCUT2D eigenvalue weighted by atomic mass is 79.9. The summed E-state index contributed by atoms with van der Waals surface area (Å²) in [6, 6.07) is 13.9. The molecule has 1 aliphatic rings.